The van der Waals surface area contributed by atoms with Crippen LogP contribution in [0.2, 0.25) is 0 Å². The molecule has 36 heavy (non-hydrogen) atoms. The number of ether oxygens (including phenoxy) is 3. The highest BCUT2D eigenvalue weighted by molar-refractivity contribution is 8.82. The summed E-state index contributed by atoms with van der Waals surface area (Å²) in [7, 11) is 6.52. The van der Waals surface area contributed by atoms with Gasteiger partial charge in [-0.1, -0.05) is 53.2 Å². The zero-order valence-electron chi connectivity index (χ0n) is 19.8. The summed E-state index contributed by atoms with van der Waals surface area (Å²) in [6.45, 7) is 3.88. The van der Waals surface area contributed by atoms with Crippen LogP contribution < -0.4 is 17.1 Å². The van der Waals surface area contributed by atoms with Crippen molar-refractivity contribution in [3.63, 3.8) is 0 Å². The van der Waals surface area contributed by atoms with Crippen molar-refractivity contribution in [3.8, 4) is 0 Å². The van der Waals surface area contributed by atoms with Gasteiger partial charge in [-0.25, -0.2) is 42.5 Å². The molecule has 0 amide bonds. The minimum absolute atomic E-state index is 0.275. The van der Waals surface area contributed by atoms with E-state index < -0.39 is 33.0 Å². The Morgan fingerprint density at radius 2 is 0.806 bits per heavy atom. The molecular formula is C18H27N3O9S6. The van der Waals surface area contributed by atoms with Gasteiger partial charge in [-0.3, -0.25) is 0 Å². The molecule has 1 aromatic heterocycles. The summed E-state index contributed by atoms with van der Waals surface area (Å²) in [5, 5.41) is -1.73. The van der Waals surface area contributed by atoms with Crippen molar-refractivity contribution in [2.24, 2.45) is 0 Å². The van der Waals surface area contributed by atoms with Crippen molar-refractivity contribution in [2.45, 2.75) is 40.4 Å². The number of hydrogen-bond acceptors (Lipinski definition) is 15. The van der Waals surface area contributed by atoms with Crippen LogP contribution in [0, 0.1) is 0 Å². The molecule has 0 spiro atoms. The number of aromatic nitrogens is 3. The number of nitrogens with zero attached hydrogens (tertiary/aromatic N) is 3. The zero-order chi connectivity index (χ0) is 26.9. The lowest BCUT2D eigenvalue weighted by atomic mass is 10.6. The molecule has 0 atom stereocenters. The maximum Gasteiger partial charge on any atom is 0.378 e. The van der Waals surface area contributed by atoms with Crippen LogP contribution in [0.1, 0.15) is 20.8 Å². The molecule has 204 valence electrons. The van der Waals surface area contributed by atoms with Gasteiger partial charge in [0, 0.05) is 49.6 Å². The molecule has 1 aromatic rings. The number of carbonyl (C=O) groups excluding carboxylic acids is 3. The molecule has 0 saturated heterocycles. The Hall–Kier alpha value is -1.08. The Labute approximate surface area is 230 Å². The Morgan fingerprint density at radius 3 is 1.03 bits per heavy atom. The summed E-state index contributed by atoms with van der Waals surface area (Å²) in [4.78, 5) is 73.7. The standard InChI is InChI=1S/C18H27N3O9S6/c1-4-31-34-16(25)28-10-7-19-13(22)20(8-11-29-17(26)35-32-5-2)15(24)21(14(19)23)9-12-30-18(27)36-33-6-3/h4-12H2,1-3H3. The van der Waals surface area contributed by atoms with Crippen molar-refractivity contribution in [3.05, 3.63) is 31.5 Å². The molecule has 0 aromatic carbocycles. The van der Waals surface area contributed by atoms with E-state index in [1.165, 1.54) is 32.4 Å². The van der Waals surface area contributed by atoms with Gasteiger partial charge in [0.15, 0.2) is 0 Å². The van der Waals surface area contributed by atoms with E-state index in [0.29, 0.717) is 17.3 Å². The molecule has 0 radical (unpaired) electrons. The fourth-order valence-corrected chi connectivity index (χ4v) is 5.71. The van der Waals surface area contributed by atoms with Gasteiger partial charge < -0.3 is 14.2 Å². The quantitative estimate of drug-likeness (QED) is 0.159. The van der Waals surface area contributed by atoms with E-state index >= 15 is 0 Å². The molecule has 1 heterocycles. The fraction of sp³-hybridized carbons (Fsp3) is 0.667. The smallest absolute Gasteiger partial charge is 0.378 e. The average molecular weight is 622 g/mol. The van der Waals surface area contributed by atoms with Crippen molar-refractivity contribution in [1.29, 1.82) is 0 Å². The van der Waals surface area contributed by atoms with Gasteiger partial charge >= 0.3 is 33.0 Å². The van der Waals surface area contributed by atoms with Crippen molar-refractivity contribution in [1.82, 2.24) is 13.7 Å². The van der Waals surface area contributed by atoms with E-state index in [4.69, 9.17) is 14.2 Å². The largest absolute Gasteiger partial charge is 0.455 e. The third-order valence-corrected chi connectivity index (χ3v) is 9.95. The summed E-state index contributed by atoms with van der Waals surface area (Å²) >= 11 is 0. The molecule has 0 aliphatic rings. The third kappa shape index (κ3) is 12.0. The lowest BCUT2D eigenvalue weighted by molar-refractivity contribution is 0.162. The van der Waals surface area contributed by atoms with E-state index in [0.717, 1.165) is 46.1 Å². The van der Waals surface area contributed by atoms with Crippen molar-refractivity contribution in [2.75, 3.05) is 37.1 Å². The van der Waals surface area contributed by atoms with Crippen LogP contribution in [0.15, 0.2) is 14.4 Å². The van der Waals surface area contributed by atoms with E-state index in [1.807, 2.05) is 20.8 Å². The highest BCUT2D eigenvalue weighted by Crippen LogP contribution is 2.23. The zero-order valence-corrected chi connectivity index (χ0v) is 24.7. The molecule has 18 heteroatoms. The summed E-state index contributed by atoms with van der Waals surface area (Å²) in [5.41, 5.74) is -2.82. The summed E-state index contributed by atoms with van der Waals surface area (Å²) in [5.74, 6) is 2.07. The Morgan fingerprint density at radius 1 is 0.556 bits per heavy atom. The predicted octanol–water partition coefficient (Wildman–Crippen LogP) is 3.79. The van der Waals surface area contributed by atoms with E-state index in [2.05, 4.69) is 0 Å². The van der Waals surface area contributed by atoms with Crippen molar-refractivity contribution >= 4 is 80.7 Å². The monoisotopic (exact) mass is 621 g/mol. The molecule has 0 saturated carbocycles. The van der Waals surface area contributed by atoms with Crippen LogP contribution >= 0.6 is 64.8 Å². The Kier molecular flexibility index (Phi) is 17.4. The lowest BCUT2D eigenvalue weighted by Crippen LogP contribution is -2.55. The maximum atomic E-state index is 12.9. The molecule has 0 aliphatic carbocycles. The minimum atomic E-state index is -0.939. The first-order valence-corrected chi connectivity index (χ1v) is 17.5. The van der Waals surface area contributed by atoms with Crippen LogP contribution in [0.5, 0.6) is 0 Å². The third-order valence-electron chi connectivity index (χ3n) is 3.72. The van der Waals surface area contributed by atoms with Crippen LogP contribution in [-0.2, 0) is 33.8 Å². The predicted molar refractivity (Wildman–Crippen MR) is 150 cm³/mol. The SMILES string of the molecule is CCSSC(=O)OCCn1c(=O)n(CCOC(=O)SSCC)c(=O)n(CCOC(=O)SSCC)c1=O. The summed E-state index contributed by atoms with van der Waals surface area (Å²) in [6, 6.07) is 0. The molecule has 0 aliphatic heterocycles. The van der Waals surface area contributed by atoms with Gasteiger partial charge in [0.2, 0.25) is 0 Å². The second kappa shape index (κ2) is 19.1. The number of hydrogen-bond donors (Lipinski definition) is 0. The average Bonchev–Trinajstić information content (AvgIpc) is 2.86. The van der Waals surface area contributed by atoms with Gasteiger partial charge in [-0.2, -0.15) is 0 Å². The van der Waals surface area contributed by atoms with Gasteiger partial charge in [-0.05, 0) is 0 Å². The number of rotatable bonds is 15. The summed E-state index contributed by atoms with van der Waals surface area (Å²) in [6.07, 6.45) is 0. The molecular weight excluding hydrogens is 595 g/mol. The molecule has 0 fully saturated rings. The van der Waals surface area contributed by atoms with Crippen LogP contribution in [0.25, 0.3) is 0 Å². The van der Waals surface area contributed by atoms with E-state index in [9.17, 15) is 28.8 Å². The van der Waals surface area contributed by atoms with Gasteiger partial charge in [-0.15, -0.1) is 0 Å². The fourth-order valence-electron chi connectivity index (χ4n) is 2.31. The first-order valence-electron chi connectivity index (χ1n) is 10.6. The normalized spacial score (nSPS) is 10.8. The Balaban J connectivity index is 3.07. The van der Waals surface area contributed by atoms with Gasteiger partial charge in [0.25, 0.3) is 0 Å². The van der Waals surface area contributed by atoms with E-state index in [-0.39, 0.29) is 39.5 Å². The van der Waals surface area contributed by atoms with E-state index in [1.54, 1.807) is 0 Å². The molecule has 0 N–H and O–H groups in total. The van der Waals surface area contributed by atoms with Crippen LogP contribution in [0.3, 0.4) is 0 Å². The molecule has 12 nitrogen and oxygen atoms in total. The first kappa shape index (κ1) is 32.9. The molecule has 0 bridgehead atoms. The minimum Gasteiger partial charge on any atom is -0.455 e. The second-order valence-electron chi connectivity index (χ2n) is 6.07. The number of carbonyl (C=O) groups is 3. The topological polar surface area (TPSA) is 145 Å². The lowest BCUT2D eigenvalue weighted by Gasteiger charge is -2.14. The van der Waals surface area contributed by atoms with Gasteiger partial charge in [0.1, 0.15) is 19.8 Å². The molecule has 0 unspecified atom stereocenters. The molecule has 1 rings (SSSR count). The second-order valence-corrected chi connectivity index (χ2v) is 13.6. The highest BCUT2D eigenvalue weighted by Gasteiger charge is 2.17. The summed E-state index contributed by atoms with van der Waals surface area (Å²) < 4.78 is 17.3. The Bertz CT molecular complexity index is 884. The van der Waals surface area contributed by atoms with Gasteiger partial charge in [0.05, 0.1) is 19.6 Å². The highest BCUT2D eigenvalue weighted by atomic mass is 33.1. The van der Waals surface area contributed by atoms with Crippen LogP contribution in [-0.4, -0.2) is 66.7 Å². The first-order chi connectivity index (χ1) is 17.3. The maximum absolute atomic E-state index is 12.9. The van der Waals surface area contributed by atoms with Crippen molar-refractivity contribution < 1.29 is 28.6 Å². The van der Waals surface area contributed by atoms with Crippen LogP contribution in [0.4, 0.5) is 14.4 Å².